The fraction of sp³-hybridized carbons (Fsp3) is 0.417. The molecular formula is C12H14N2O5. The highest BCUT2D eigenvalue weighted by Crippen LogP contribution is 2.11. The van der Waals surface area contributed by atoms with Gasteiger partial charge in [-0.2, -0.15) is 0 Å². The topological polar surface area (TPSA) is 95.5 Å². The number of nitrogens with zero attached hydrogens (tertiary/aromatic N) is 2. The predicted molar refractivity (Wildman–Crippen MR) is 63.1 cm³/mol. The van der Waals surface area contributed by atoms with E-state index in [2.05, 4.69) is 9.97 Å². The molecule has 0 amide bonds. The van der Waals surface area contributed by atoms with Gasteiger partial charge in [0.05, 0.1) is 13.2 Å². The average molecular weight is 266 g/mol. The summed E-state index contributed by atoms with van der Waals surface area (Å²) in [5.74, 6) is -4.29. The Balaban J connectivity index is 2.99. The maximum Gasteiger partial charge on any atom is 0.328 e. The number of hydrogen-bond acceptors (Lipinski definition) is 7. The molecule has 7 heteroatoms. The van der Waals surface area contributed by atoms with E-state index in [1.54, 1.807) is 13.8 Å². The van der Waals surface area contributed by atoms with Gasteiger partial charge in [0.25, 0.3) is 0 Å². The zero-order valence-corrected chi connectivity index (χ0v) is 10.7. The molecular weight excluding hydrogens is 252 g/mol. The van der Waals surface area contributed by atoms with Crippen molar-refractivity contribution < 1.29 is 23.9 Å². The van der Waals surface area contributed by atoms with Crippen LogP contribution in [0.1, 0.15) is 24.3 Å². The van der Waals surface area contributed by atoms with Crippen LogP contribution in [0.2, 0.25) is 0 Å². The van der Waals surface area contributed by atoms with Crippen molar-refractivity contribution >= 4 is 17.7 Å². The Kier molecular flexibility index (Phi) is 5.59. The third-order valence-electron chi connectivity index (χ3n) is 2.14. The van der Waals surface area contributed by atoms with Crippen molar-refractivity contribution in [1.82, 2.24) is 9.97 Å². The quantitative estimate of drug-likeness (QED) is 0.417. The van der Waals surface area contributed by atoms with Crippen LogP contribution in [0.4, 0.5) is 0 Å². The largest absolute Gasteiger partial charge is 0.465 e. The van der Waals surface area contributed by atoms with E-state index in [1.165, 1.54) is 12.3 Å². The van der Waals surface area contributed by atoms with Gasteiger partial charge in [-0.3, -0.25) is 14.4 Å². The Morgan fingerprint density at radius 1 is 1.16 bits per heavy atom. The highest BCUT2D eigenvalue weighted by Gasteiger charge is 2.38. The van der Waals surface area contributed by atoms with E-state index < -0.39 is 23.6 Å². The minimum atomic E-state index is -1.64. The smallest absolute Gasteiger partial charge is 0.328 e. The van der Waals surface area contributed by atoms with Gasteiger partial charge in [0.1, 0.15) is 12.0 Å². The van der Waals surface area contributed by atoms with Gasteiger partial charge < -0.3 is 9.47 Å². The Hall–Kier alpha value is -2.31. The highest BCUT2D eigenvalue weighted by molar-refractivity contribution is 6.20. The van der Waals surface area contributed by atoms with Crippen LogP contribution in [0.5, 0.6) is 0 Å². The first-order chi connectivity index (χ1) is 9.11. The molecule has 7 nitrogen and oxygen atoms in total. The van der Waals surface area contributed by atoms with Crippen molar-refractivity contribution in [3.05, 3.63) is 24.3 Å². The van der Waals surface area contributed by atoms with Gasteiger partial charge in [-0.25, -0.2) is 9.97 Å². The summed E-state index contributed by atoms with van der Waals surface area (Å²) in [6.07, 6.45) is 2.49. The molecule has 0 N–H and O–H groups in total. The molecule has 0 spiro atoms. The van der Waals surface area contributed by atoms with E-state index in [-0.39, 0.29) is 18.9 Å². The van der Waals surface area contributed by atoms with E-state index in [4.69, 9.17) is 9.47 Å². The number of carbonyl (C=O) groups excluding carboxylic acids is 3. The van der Waals surface area contributed by atoms with E-state index in [0.717, 1.165) is 6.33 Å². The van der Waals surface area contributed by atoms with Gasteiger partial charge in [-0.05, 0) is 19.9 Å². The van der Waals surface area contributed by atoms with Crippen molar-refractivity contribution in [2.45, 2.75) is 13.8 Å². The Morgan fingerprint density at radius 3 is 2.16 bits per heavy atom. The molecule has 1 rings (SSSR count). The number of ether oxygens (including phenoxy) is 2. The SMILES string of the molecule is CCOC(=O)C(C(=O)OCC)C(=O)c1ccncn1. The predicted octanol–water partition coefficient (Wildman–Crippen LogP) is 0.402. The summed E-state index contributed by atoms with van der Waals surface area (Å²) in [6.45, 7) is 3.28. The number of aromatic nitrogens is 2. The van der Waals surface area contributed by atoms with Crippen LogP contribution in [-0.4, -0.2) is 40.9 Å². The van der Waals surface area contributed by atoms with Crippen molar-refractivity contribution in [2.24, 2.45) is 5.92 Å². The monoisotopic (exact) mass is 266 g/mol. The standard InChI is InChI=1S/C12H14N2O5/c1-3-18-11(16)9(12(17)19-4-2)10(15)8-5-6-13-7-14-8/h5-7,9H,3-4H2,1-2H3. The zero-order chi connectivity index (χ0) is 14.3. The molecule has 0 aliphatic heterocycles. The molecule has 0 fully saturated rings. The van der Waals surface area contributed by atoms with Crippen molar-refractivity contribution in [3.63, 3.8) is 0 Å². The van der Waals surface area contributed by atoms with E-state index in [1.807, 2.05) is 0 Å². The summed E-state index contributed by atoms with van der Waals surface area (Å²) >= 11 is 0. The first-order valence-electron chi connectivity index (χ1n) is 5.75. The van der Waals surface area contributed by atoms with Crippen LogP contribution in [-0.2, 0) is 19.1 Å². The van der Waals surface area contributed by atoms with Gasteiger partial charge in [-0.15, -0.1) is 0 Å². The van der Waals surface area contributed by atoms with Crippen LogP contribution in [0.3, 0.4) is 0 Å². The Bertz CT molecular complexity index is 442. The van der Waals surface area contributed by atoms with E-state index in [9.17, 15) is 14.4 Å². The van der Waals surface area contributed by atoms with Crippen LogP contribution < -0.4 is 0 Å². The molecule has 0 aliphatic rings. The molecule has 1 aromatic rings. The molecule has 1 aromatic heterocycles. The third kappa shape index (κ3) is 3.84. The summed E-state index contributed by atoms with van der Waals surface area (Å²) in [4.78, 5) is 42.8. The fourth-order valence-electron chi connectivity index (χ4n) is 1.35. The second-order valence-corrected chi connectivity index (χ2v) is 3.40. The normalized spacial score (nSPS) is 10.1. The third-order valence-corrected chi connectivity index (χ3v) is 2.14. The lowest BCUT2D eigenvalue weighted by molar-refractivity contribution is -0.158. The molecule has 0 atom stereocenters. The zero-order valence-electron chi connectivity index (χ0n) is 10.7. The minimum absolute atomic E-state index is 0.0406. The maximum absolute atomic E-state index is 12.1. The summed E-state index contributed by atoms with van der Waals surface area (Å²) in [5.41, 5.74) is -0.0406. The maximum atomic E-state index is 12.1. The van der Waals surface area contributed by atoms with Crippen LogP contribution in [0.15, 0.2) is 18.6 Å². The summed E-state index contributed by atoms with van der Waals surface area (Å²) in [6, 6.07) is 1.31. The van der Waals surface area contributed by atoms with Gasteiger partial charge in [0.15, 0.2) is 0 Å². The first kappa shape index (κ1) is 14.7. The summed E-state index contributed by atoms with van der Waals surface area (Å²) in [5, 5.41) is 0. The highest BCUT2D eigenvalue weighted by atomic mass is 16.6. The lowest BCUT2D eigenvalue weighted by Crippen LogP contribution is -2.35. The minimum Gasteiger partial charge on any atom is -0.465 e. The lowest BCUT2D eigenvalue weighted by atomic mass is 10.0. The number of rotatable bonds is 6. The van der Waals surface area contributed by atoms with E-state index in [0.29, 0.717) is 0 Å². The number of ketones is 1. The van der Waals surface area contributed by atoms with Crippen LogP contribution in [0, 0.1) is 5.92 Å². The van der Waals surface area contributed by atoms with Crippen molar-refractivity contribution in [1.29, 1.82) is 0 Å². The van der Waals surface area contributed by atoms with Crippen LogP contribution >= 0.6 is 0 Å². The molecule has 0 saturated carbocycles. The molecule has 19 heavy (non-hydrogen) atoms. The summed E-state index contributed by atoms with van der Waals surface area (Å²) in [7, 11) is 0. The Labute approximate surface area is 110 Å². The van der Waals surface area contributed by atoms with Crippen LogP contribution in [0.25, 0.3) is 0 Å². The molecule has 0 aliphatic carbocycles. The molecule has 0 aromatic carbocycles. The number of hydrogen-bond donors (Lipinski definition) is 0. The van der Waals surface area contributed by atoms with Crippen molar-refractivity contribution in [2.75, 3.05) is 13.2 Å². The molecule has 0 radical (unpaired) electrons. The number of carbonyl (C=O) groups is 3. The molecule has 0 unspecified atom stereocenters. The molecule has 1 heterocycles. The summed E-state index contributed by atoms with van der Waals surface area (Å²) < 4.78 is 9.42. The second kappa shape index (κ2) is 7.20. The van der Waals surface area contributed by atoms with Gasteiger partial charge >= 0.3 is 11.9 Å². The first-order valence-corrected chi connectivity index (χ1v) is 5.75. The van der Waals surface area contributed by atoms with Gasteiger partial charge in [0, 0.05) is 6.20 Å². The lowest BCUT2D eigenvalue weighted by Gasteiger charge is -2.12. The van der Waals surface area contributed by atoms with Crippen molar-refractivity contribution in [3.8, 4) is 0 Å². The Morgan fingerprint density at radius 2 is 1.74 bits per heavy atom. The number of esters is 2. The molecule has 0 bridgehead atoms. The number of Topliss-reactive ketones (excluding diaryl/α,β-unsaturated/α-hetero) is 1. The van der Waals surface area contributed by atoms with E-state index >= 15 is 0 Å². The van der Waals surface area contributed by atoms with Gasteiger partial charge in [-0.1, -0.05) is 0 Å². The molecule has 102 valence electrons. The van der Waals surface area contributed by atoms with Gasteiger partial charge in [0.2, 0.25) is 11.7 Å². The average Bonchev–Trinajstić information content (AvgIpc) is 2.40. The molecule has 0 saturated heterocycles. The fourth-order valence-corrected chi connectivity index (χ4v) is 1.35. The second-order valence-electron chi connectivity index (χ2n) is 3.40.